The lowest BCUT2D eigenvalue weighted by Gasteiger charge is -2.24. The van der Waals surface area contributed by atoms with Crippen LogP contribution in [0.5, 0.6) is 0 Å². The molecular formula is C23H25F4NO3. The number of ether oxygens (including phenoxy) is 1. The Morgan fingerprint density at radius 2 is 1.71 bits per heavy atom. The number of rotatable bonds is 8. The average molecular weight is 439 g/mol. The number of aryl methyl sites for hydroxylation is 3. The average Bonchev–Trinajstić information content (AvgIpc) is 2.62. The molecule has 31 heavy (non-hydrogen) atoms. The highest BCUT2D eigenvalue weighted by molar-refractivity contribution is 5.75. The number of carbonyl (C=O) groups excluding carboxylic acids is 2. The number of alkyl halides is 2. The van der Waals surface area contributed by atoms with E-state index in [2.05, 4.69) is 5.32 Å². The number of nitrogens with one attached hydrogen (secondary N) is 1. The Labute approximate surface area is 178 Å². The molecule has 168 valence electrons. The van der Waals surface area contributed by atoms with Gasteiger partial charge in [-0.05, 0) is 50.5 Å². The van der Waals surface area contributed by atoms with Crippen molar-refractivity contribution < 1.29 is 31.9 Å². The number of amides is 1. The Kier molecular flexibility index (Phi) is 7.46. The van der Waals surface area contributed by atoms with Gasteiger partial charge < -0.3 is 10.1 Å². The smallest absolute Gasteiger partial charge is 0.308 e. The Bertz CT molecular complexity index is 976. The van der Waals surface area contributed by atoms with E-state index in [4.69, 9.17) is 4.74 Å². The molecule has 0 saturated heterocycles. The van der Waals surface area contributed by atoms with Gasteiger partial charge in [0.1, 0.15) is 11.6 Å². The molecule has 0 bridgehead atoms. The van der Waals surface area contributed by atoms with Gasteiger partial charge in [-0.2, -0.15) is 0 Å². The minimum Gasteiger partial charge on any atom is -0.466 e. The van der Waals surface area contributed by atoms with Crippen LogP contribution in [-0.2, 0) is 20.2 Å². The summed E-state index contributed by atoms with van der Waals surface area (Å²) < 4.78 is 64.2. The van der Waals surface area contributed by atoms with Gasteiger partial charge in [-0.15, -0.1) is 0 Å². The van der Waals surface area contributed by atoms with Gasteiger partial charge in [-0.3, -0.25) is 9.59 Å². The number of carbonyl (C=O) groups is 2. The van der Waals surface area contributed by atoms with Crippen molar-refractivity contribution in [2.75, 3.05) is 6.61 Å². The van der Waals surface area contributed by atoms with E-state index in [1.807, 2.05) is 6.92 Å². The summed E-state index contributed by atoms with van der Waals surface area (Å²) in [7, 11) is 0. The predicted octanol–water partition coefficient (Wildman–Crippen LogP) is 5.41. The second-order valence-electron chi connectivity index (χ2n) is 7.52. The zero-order chi connectivity index (χ0) is 23.5. The highest BCUT2D eigenvalue weighted by Gasteiger charge is 2.36. The van der Waals surface area contributed by atoms with E-state index in [0.717, 1.165) is 11.6 Å². The molecule has 1 amide bonds. The van der Waals surface area contributed by atoms with Crippen molar-refractivity contribution in [3.63, 3.8) is 0 Å². The summed E-state index contributed by atoms with van der Waals surface area (Å²) >= 11 is 0. The van der Waals surface area contributed by atoms with Gasteiger partial charge in [0.2, 0.25) is 6.41 Å². The molecular weight excluding hydrogens is 414 g/mol. The normalized spacial score (nSPS) is 12.4. The highest BCUT2D eigenvalue weighted by Crippen LogP contribution is 2.41. The number of esters is 1. The summed E-state index contributed by atoms with van der Waals surface area (Å²) in [5, 5.41) is 2.16. The molecule has 4 nitrogen and oxygen atoms in total. The molecule has 1 atom stereocenters. The van der Waals surface area contributed by atoms with Crippen molar-refractivity contribution in [3.05, 3.63) is 57.7 Å². The first-order valence-electron chi connectivity index (χ1n) is 9.76. The lowest BCUT2D eigenvalue weighted by atomic mass is 9.87. The van der Waals surface area contributed by atoms with E-state index < -0.39 is 47.1 Å². The van der Waals surface area contributed by atoms with E-state index in [1.54, 1.807) is 32.9 Å². The Morgan fingerprint density at radius 1 is 1.13 bits per heavy atom. The number of benzene rings is 2. The van der Waals surface area contributed by atoms with Crippen LogP contribution in [0.15, 0.2) is 18.2 Å². The van der Waals surface area contributed by atoms with E-state index in [9.17, 15) is 18.4 Å². The van der Waals surface area contributed by atoms with Gasteiger partial charge >= 0.3 is 5.97 Å². The second-order valence-corrected chi connectivity index (χ2v) is 7.52. The molecule has 0 aromatic heterocycles. The van der Waals surface area contributed by atoms with Crippen molar-refractivity contribution in [3.8, 4) is 11.1 Å². The number of hydrogen-bond acceptors (Lipinski definition) is 3. The third-order valence-electron chi connectivity index (χ3n) is 4.95. The number of hydrogen-bond donors (Lipinski definition) is 1. The molecule has 0 heterocycles. The summed E-state index contributed by atoms with van der Waals surface area (Å²) in [5.41, 5.74) is 0.397. The molecule has 8 heteroatoms. The van der Waals surface area contributed by atoms with Crippen LogP contribution in [0.4, 0.5) is 17.6 Å². The summed E-state index contributed by atoms with van der Waals surface area (Å²) in [5.74, 6) is -7.11. The summed E-state index contributed by atoms with van der Waals surface area (Å²) in [6.45, 7) is 7.28. The van der Waals surface area contributed by atoms with Gasteiger partial charge in [-0.25, -0.2) is 17.6 Å². The first-order valence-corrected chi connectivity index (χ1v) is 9.76. The zero-order valence-electron chi connectivity index (χ0n) is 18.0. The summed E-state index contributed by atoms with van der Waals surface area (Å²) in [6.07, 6.45) is -0.466. The third kappa shape index (κ3) is 5.24. The molecule has 0 radical (unpaired) electrons. The highest BCUT2D eigenvalue weighted by atomic mass is 19.3. The molecule has 2 aromatic carbocycles. The topological polar surface area (TPSA) is 55.4 Å². The molecule has 1 unspecified atom stereocenters. The first-order chi connectivity index (χ1) is 14.4. The Balaban J connectivity index is 2.86. The van der Waals surface area contributed by atoms with Crippen molar-refractivity contribution in [2.24, 2.45) is 0 Å². The van der Waals surface area contributed by atoms with E-state index in [-0.39, 0.29) is 18.6 Å². The van der Waals surface area contributed by atoms with Crippen LogP contribution in [0.25, 0.3) is 11.1 Å². The molecule has 0 spiro atoms. The minimum absolute atomic E-state index is 0.0116. The van der Waals surface area contributed by atoms with Crippen LogP contribution in [0.1, 0.15) is 54.1 Å². The van der Waals surface area contributed by atoms with Crippen molar-refractivity contribution in [2.45, 2.75) is 53.0 Å². The van der Waals surface area contributed by atoms with Gasteiger partial charge in [0.05, 0.1) is 24.6 Å². The largest absolute Gasteiger partial charge is 0.466 e. The maximum atomic E-state index is 15.7. The van der Waals surface area contributed by atoms with Gasteiger partial charge in [0.15, 0.2) is 0 Å². The van der Waals surface area contributed by atoms with Crippen LogP contribution in [0.3, 0.4) is 0 Å². The van der Waals surface area contributed by atoms with E-state index >= 15 is 8.78 Å². The molecule has 1 N–H and O–H groups in total. The zero-order valence-corrected chi connectivity index (χ0v) is 18.0. The fourth-order valence-corrected chi connectivity index (χ4v) is 3.78. The maximum absolute atomic E-state index is 15.7. The summed E-state index contributed by atoms with van der Waals surface area (Å²) in [4.78, 5) is 23.0. The van der Waals surface area contributed by atoms with Crippen LogP contribution < -0.4 is 5.32 Å². The molecule has 0 fully saturated rings. The van der Waals surface area contributed by atoms with Crippen molar-refractivity contribution >= 4 is 12.4 Å². The summed E-state index contributed by atoms with van der Waals surface area (Å²) in [6, 6.07) is 2.78. The quantitative estimate of drug-likeness (QED) is 0.340. The first kappa shape index (κ1) is 24.4. The SMILES string of the molecule is CCOC(=O)CC(NC=O)c1c(F)c(-c2c(C)cc(C)cc2C)cc(C(C)(F)F)c1F. The van der Waals surface area contributed by atoms with Crippen LogP contribution in [0, 0.1) is 32.4 Å². The molecule has 2 aromatic rings. The Hall–Kier alpha value is -2.90. The third-order valence-corrected chi connectivity index (χ3v) is 4.95. The van der Waals surface area contributed by atoms with Crippen molar-refractivity contribution in [1.29, 1.82) is 0 Å². The number of halogens is 4. The van der Waals surface area contributed by atoms with Crippen molar-refractivity contribution in [1.82, 2.24) is 5.32 Å². The maximum Gasteiger partial charge on any atom is 0.308 e. The monoisotopic (exact) mass is 439 g/mol. The molecule has 0 aliphatic carbocycles. The molecule has 2 rings (SSSR count). The molecule has 0 aliphatic rings. The Morgan fingerprint density at radius 3 is 2.19 bits per heavy atom. The van der Waals surface area contributed by atoms with E-state index in [0.29, 0.717) is 23.6 Å². The van der Waals surface area contributed by atoms with Gasteiger partial charge in [-0.1, -0.05) is 17.7 Å². The predicted molar refractivity (Wildman–Crippen MR) is 109 cm³/mol. The minimum atomic E-state index is -3.64. The lowest BCUT2D eigenvalue weighted by Crippen LogP contribution is -2.27. The standard InChI is InChI=1S/C23H25F4NO3/c1-6-31-18(30)10-17(28-11-29)20-21(24)15(9-16(22(20)25)23(5,26)27)19-13(3)7-12(2)8-14(19)4/h7-9,11,17H,6,10H2,1-5H3,(H,28,29). The lowest BCUT2D eigenvalue weighted by molar-refractivity contribution is -0.143. The molecule has 0 saturated carbocycles. The molecule has 0 aliphatic heterocycles. The second kappa shape index (κ2) is 9.49. The van der Waals surface area contributed by atoms with Crippen LogP contribution in [0.2, 0.25) is 0 Å². The fraction of sp³-hybridized carbons (Fsp3) is 0.391. The van der Waals surface area contributed by atoms with Gasteiger partial charge in [0.25, 0.3) is 5.92 Å². The van der Waals surface area contributed by atoms with Gasteiger partial charge in [0, 0.05) is 18.1 Å². The fourth-order valence-electron chi connectivity index (χ4n) is 3.78. The van der Waals surface area contributed by atoms with Crippen LogP contribution in [-0.4, -0.2) is 19.0 Å². The van der Waals surface area contributed by atoms with E-state index in [1.165, 1.54) is 0 Å². The van der Waals surface area contributed by atoms with Crippen LogP contribution >= 0.6 is 0 Å².